The van der Waals surface area contributed by atoms with E-state index in [2.05, 4.69) is 5.32 Å². The van der Waals surface area contributed by atoms with Crippen LogP contribution in [0, 0.1) is 12.7 Å². The molecule has 0 atom stereocenters. The second kappa shape index (κ2) is 4.77. The summed E-state index contributed by atoms with van der Waals surface area (Å²) in [7, 11) is 3.36. The van der Waals surface area contributed by atoms with Gasteiger partial charge in [0.25, 0.3) is 0 Å². The van der Waals surface area contributed by atoms with Crippen LogP contribution in [-0.2, 0) is 4.79 Å². The van der Waals surface area contributed by atoms with Crippen molar-refractivity contribution in [3.05, 3.63) is 29.6 Å². The molecular weight excluding hydrogens is 195 g/mol. The normalized spacial score (nSPS) is 9.87. The first kappa shape index (κ1) is 11.5. The number of anilines is 1. The molecule has 1 aromatic carbocycles. The van der Waals surface area contributed by atoms with Crippen molar-refractivity contribution in [3.8, 4) is 0 Å². The molecule has 0 radical (unpaired) electrons. The van der Waals surface area contributed by atoms with E-state index in [1.807, 2.05) is 0 Å². The van der Waals surface area contributed by atoms with Gasteiger partial charge in [0, 0.05) is 19.8 Å². The van der Waals surface area contributed by atoms with E-state index in [4.69, 9.17) is 0 Å². The van der Waals surface area contributed by atoms with Crippen LogP contribution in [0.15, 0.2) is 18.2 Å². The molecule has 0 saturated carbocycles. The van der Waals surface area contributed by atoms with Crippen LogP contribution in [0.1, 0.15) is 5.56 Å². The van der Waals surface area contributed by atoms with E-state index >= 15 is 0 Å². The van der Waals surface area contributed by atoms with E-state index in [-0.39, 0.29) is 18.3 Å². The van der Waals surface area contributed by atoms with Crippen molar-refractivity contribution in [2.45, 2.75) is 6.92 Å². The summed E-state index contributed by atoms with van der Waals surface area (Å²) in [5, 5.41) is 2.86. The highest BCUT2D eigenvalue weighted by Crippen LogP contribution is 2.13. The second-order valence-electron chi connectivity index (χ2n) is 3.61. The van der Waals surface area contributed by atoms with Crippen molar-refractivity contribution in [2.75, 3.05) is 26.0 Å². The minimum Gasteiger partial charge on any atom is -0.376 e. The molecule has 0 aliphatic heterocycles. The van der Waals surface area contributed by atoms with E-state index < -0.39 is 0 Å². The first-order chi connectivity index (χ1) is 7.00. The van der Waals surface area contributed by atoms with Gasteiger partial charge in [0.05, 0.1) is 6.54 Å². The van der Waals surface area contributed by atoms with Crippen LogP contribution in [0.4, 0.5) is 10.1 Å². The lowest BCUT2D eigenvalue weighted by Crippen LogP contribution is -2.28. The summed E-state index contributed by atoms with van der Waals surface area (Å²) in [6, 6.07) is 4.82. The number of carbonyl (C=O) groups is 1. The molecule has 0 spiro atoms. The minimum atomic E-state index is -0.266. The third-order valence-electron chi connectivity index (χ3n) is 2.11. The summed E-state index contributed by atoms with van der Waals surface area (Å²) >= 11 is 0. The minimum absolute atomic E-state index is 0.0454. The molecule has 0 aliphatic rings. The Morgan fingerprint density at radius 3 is 2.67 bits per heavy atom. The third kappa shape index (κ3) is 3.23. The van der Waals surface area contributed by atoms with Gasteiger partial charge in [0.15, 0.2) is 0 Å². The van der Waals surface area contributed by atoms with E-state index in [0.717, 1.165) is 0 Å². The number of hydrogen-bond donors (Lipinski definition) is 1. The van der Waals surface area contributed by atoms with Crippen molar-refractivity contribution >= 4 is 11.6 Å². The smallest absolute Gasteiger partial charge is 0.241 e. The van der Waals surface area contributed by atoms with Gasteiger partial charge in [-0.3, -0.25) is 4.79 Å². The first-order valence-electron chi connectivity index (χ1n) is 4.71. The van der Waals surface area contributed by atoms with Crippen LogP contribution in [0.25, 0.3) is 0 Å². The highest BCUT2D eigenvalue weighted by Gasteiger charge is 2.04. The maximum atomic E-state index is 13.1. The molecule has 1 amide bonds. The van der Waals surface area contributed by atoms with Gasteiger partial charge in [-0.15, -0.1) is 0 Å². The predicted molar refractivity (Wildman–Crippen MR) is 58.3 cm³/mol. The van der Waals surface area contributed by atoms with E-state index in [0.29, 0.717) is 11.3 Å². The lowest BCUT2D eigenvalue weighted by molar-refractivity contribution is -0.126. The van der Waals surface area contributed by atoms with Gasteiger partial charge in [-0.2, -0.15) is 0 Å². The number of likely N-dealkylation sites (N-methyl/N-ethyl adjacent to an activating group) is 1. The van der Waals surface area contributed by atoms with E-state index in [9.17, 15) is 9.18 Å². The molecule has 1 aromatic rings. The number of amides is 1. The highest BCUT2D eigenvalue weighted by atomic mass is 19.1. The topological polar surface area (TPSA) is 32.3 Å². The highest BCUT2D eigenvalue weighted by molar-refractivity contribution is 5.80. The number of hydrogen-bond acceptors (Lipinski definition) is 2. The lowest BCUT2D eigenvalue weighted by atomic mass is 10.2. The molecule has 4 heteroatoms. The lowest BCUT2D eigenvalue weighted by Gasteiger charge is -2.11. The number of halogens is 1. The monoisotopic (exact) mass is 210 g/mol. The zero-order chi connectivity index (χ0) is 11.4. The van der Waals surface area contributed by atoms with Gasteiger partial charge in [-0.05, 0) is 24.6 Å². The Balaban J connectivity index is 2.58. The summed E-state index contributed by atoms with van der Waals surface area (Å²) < 4.78 is 13.1. The predicted octanol–water partition coefficient (Wildman–Crippen LogP) is 1.63. The Kier molecular flexibility index (Phi) is 3.66. The number of rotatable bonds is 3. The quantitative estimate of drug-likeness (QED) is 0.822. The molecule has 15 heavy (non-hydrogen) atoms. The SMILES string of the molecule is Cc1ccc(NCC(=O)N(C)C)cc1F. The average Bonchev–Trinajstić information content (AvgIpc) is 2.19. The number of aryl methyl sites for hydroxylation is 1. The Morgan fingerprint density at radius 2 is 2.13 bits per heavy atom. The zero-order valence-electron chi connectivity index (χ0n) is 9.17. The van der Waals surface area contributed by atoms with Gasteiger partial charge in [-0.25, -0.2) is 4.39 Å². The summed E-state index contributed by atoms with van der Waals surface area (Å²) in [5.41, 5.74) is 1.22. The molecule has 0 bridgehead atoms. The van der Waals surface area contributed by atoms with Crippen LogP contribution in [0.3, 0.4) is 0 Å². The Labute approximate surface area is 88.9 Å². The van der Waals surface area contributed by atoms with Crippen molar-refractivity contribution in [3.63, 3.8) is 0 Å². The third-order valence-corrected chi connectivity index (χ3v) is 2.11. The van der Waals surface area contributed by atoms with Crippen LogP contribution in [0.2, 0.25) is 0 Å². The van der Waals surface area contributed by atoms with Crippen LogP contribution >= 0.6 is 0 Å². The van der Waals surface area contributed by atoms with Crippen molar-refractivity contribution in [1.82, 2.24) is 4.90 Å². The molecule has 0 unspecified atom stereocenters. The van der Waals surface area contributed by atoms with Crippen LogP contribution in [0.5, 0.6) is 0 Å². The fraction of sp³-hybridized carbons (Fsp3) is 0.364. The molecule has 1 N–H and O–H groups in total. The van der Waals surface area contributed by atoms with Gasteiger partial charge < -0.3 is 10.2 Å². The molecule has 0 heterocycles. The molecule has 3 nitrogen and oxygen atoms in total. The van der Waals surface area contributed by atoms with Crippen molar-refractivity contribution < 1.29 is 9.18 Å². The second-order valence-corrected chi connectivity index (χ2v) is 3.61. The summed E-state index contributed by atoms with van der Waals surface area (Å²) in [6.45, 7) is 1.87. The molecule has 0 aromatic heterocycles. The van der Waals surface area contributed by atoms with Gasteiger partial charge >= 0.3 is 0 Å². The molecular formula is C11H15FN2O. The van der Waals surface area contributed by atoms with E-state index in [1.54, 1.807) is 33.2 Å². The molecule has 0 saturated heterocycles. The zero-order valence-corrected chi connectivity index (χ0v) is 9.17. The Hall–Kier alpha value is -1.58. The van der Waals surface area contributed by atoms with Gasteiger partial charge in [0.1, 0.15) is 5.82 Å². The molecule has 82 valence electrons. The summed E-state index contributed by atoms with van der Waals surface area (Å²) in [5.74, 6) is -0.312. The summed E-state index contributed by atoms with van der Waals surface area (Å²) in [4.78, 5) is 12.7. The number of carbonyl (C=O) groups excluding carboxylic acids is 1. The number of nitrogens with zero attached hydrogens (tertiary/aromatic N) is 1. The maximum Gasteiger partial charge on any atom is 0.241 e. The fourth-order valence-electron chi connectivity index (χ4n) is 1.04. The Bertz CT molecular complexity index is 364. The van der Waals surface area contributed by atoms with Crippen molar-refractivity contribution in [2.24, 2.45) is 0 Å². The fourth-order valence-corrected chi connectivity index (χ4v) is 1.04. The van der Waals surface area contributed by atoms with E-state index in [1.165, 1.54) is 11.0 Å². The standard InChI is InChI=1S/C11H15FN2O/c1-8-4-5-9(6-10(8)12)13-7-11(15)14(2)3/h4-6,13H,7H2,1-3H3. The maximum absolute atomic E-state index is 13.1. The van der Waals surface area contributed by atoms with Crippen molar-refractivity contribution in [1.29, 1.82) is 0 Å². The van der Waals surface area contributed by atoms with Crippen LogP contribution in [-0.4, -0.2) is 31.4 Å². The molecule has 0 fully saturated rings. The van der Waals surface area contributed by atoms with Gasteiger partial charge in [-0.1, -0.05) is 6.07 Å². The van der Waals surface area contributed by atoms with Crippen LogP contribution < -0.4 is 5.32 Å². The number of nitrogens with one attached hydrogen (secondary N) is 1. The molecule has 1 rings (SSSR count). The Morgan fingerprint density at radius 1 is 1.47 bits per heavy atom. The number of benzene rings is 1. The average molecular weight is 210 g/mol. The van der Waals surface area contributed by atoms with Gasteiger partial charge in [0.2, 0.25) is 5.91 Å². The molecule has 0 aliphatic carbocycles. The first-order valence-corrected chi connectivity index (χ1v) is 4.71. The largest absolute Gasteiger partial charge is 0.376 e. The summed E-state index contributed by atoms with van der Waals surface area (Å²) in [6.07, 6.45) is 0.